The van der Waals surface area contributed by atoms with E-state index in [1.807, 2.05) is 12.1 Å². The van der Waals surface area contributed by atoms with Gasteiger partial charge in [0.15, 0.2) is 0 Å². The number of anilines is 1. The molecule has 2 amide bonds. The molecule has 24 heavy (non-hydrogen) atoms. The maximum absolute atomic E-state index is 12.2. The van der Waals surface area contributed by atoms with Gasteiger partial charge in [0.1, 0.15) is 0 Å². The summed E-state index contributed by atoms with van der Waals surface area (Å²) >= 11 is 11.8. The van der Waals surface area contributed by atoms with Gasteiger partial charge >= 0.3 is 6.03 Å². The molecule has 7 heteroatoms. The monoisotopic (exact) mass is 367 g/mol. The van der Waals surface area contributed by atoms with E-state index in [-0.39, 0.29) is 12.6 Å². The number of rotatable bonds is 5. The summed E-state index contributed by atoms with van der Waals surface area (Å²) in [5.41, 5.74) is 7.78. The van der Waals surface area contributed by atoms with Crippen LogP contribution in [0.15, 0.2) is 42.5 Å². The number of urea groups is 1. The van der Waals surface area contributed by atoms with Crippen LogP contribution in [0.2, 0.25) is 10.0 Å². The predicted molar refractivity (Wildman–Crippen MR) is 97.4 cm³/mol. The summed E-state index contributed by atoms with van der Waals surface area (Å²) in [4.78, 5) is 13.6. The van der Waals surface area contributed by atoms with Crippen LogP contribution >= 0.6 is 23.2 Å². The van der Waals surface area contributed by atoms with Gasteiger partial charge < -0.3 is 21.1 Å². The molecule has 0 aliphatic rings. The number of nitrogens with one attached hydrogen (secondary N) is 1. The molecule has 5 nitrogen and oxygen atoms in total. The number of aliphatic hydroxyl groups is 1. The zero-order chi connectivity index (χ0) is 17.7. The molecule has 1 atom stereocenters. The van der Waals surface area contributed by atoms with Gasteiger partial charge in [-0.15, -0.1) is 0 Å². The smallest absolute Gasteiger partial charge is 0.321 e. The van der Waals surface area contributed by atoms with E-state index in [0.29, 0.717) is 27.8 Å². The average molecular weight is 368 g/mol. The van der Waals surface area contributed by atoms with Crippen LogP contribution in [0.4, 0.5) is 10.5 Å². The van der Waals surface area contributed by atoms with E-state index < -0.39 is 6.10 Å². The lowest BCUT2D eigenvalue weighted by molar-refractivity contribution is 0.136. The van der Waals surface area contributed by atoms with E-state index >= 15 is 0 Å². The Hall–Kier alpha value is -1.79. The summed E-state index contributed by atoms with van der Waals surface area (Å²) in [6.07, 6.45) is -0.866. The molecule has 0 saturated carbocycles. The molecule has 0 aromatic heterocycles. The molecule has 0 aliphatic carbocycles. The molecule has 2 rings (SSSR count). The Bertz CT molecular complexity index is 707. The number of nitrogens with two attached hydrogens (primary N) is 1. The third-order valence-corrected chi connectivity index (χ3v) is 4.30. The highest BCUT2D eigenvalue weighted by Gasteiger charge is 2.16. The van der Waals surface area contributed by atoms with Crippen LogP contribution in [-0.4, -0.2) is 29.6 Å². The number of amides is 2. The van der Waals surface area contributed by atoms with Crippen molar-refractivity contribution in [1.29, 1.82) is 0 Å². The Balaban J connectivity index is 1.95. The highest BCUT2D eigenvalue weighted by molar-refractivity contribution is 6.42. The van der Waals surface area contributed by atoms with Crippen LogP contribution in [0.25, 0.3) is 0 Å². The largest absolute Gasteiger partial charge is 0.387 e. The van der Waals surface area contributed by atoms with E-state index in [9.17, 15) is 9.90 Å². The Morgan fingerprint density at radius 1 is 1.21 bits per heavy atom. The van der Waals surface area contributed by atoms with E-state index in [4.69, 9.17) is 28.9 Å². The summed E-state index contributed by atoms with van der Waals surface area (Å²) in [6.45, 7) is 0.564. The molecule has 0 fully saturated rings. The third kappa shape index (κ3) is 4.85. The molecule has 0 saturated heterocycles. The van der Waals surface area contributed by atoms with Crippen LogP contribution in [0.1, 0.15) is 17.2 Å². The molecular weight excluding hydrogens is 349 g/mol. The van der Waals surface area contributed by atoms with Crippen molar-refractivity contribution in [3.63, 3.8) is 0 Å². The Morgan fingerprint density at radius 3 is 2.46 bits per heavy atom. The molecular formula is C17H19Cl2N3O2. The van der Waals surface area contributed by atoms with Crippen LogP contribution in [0.3, 0.4) is 0 Å². The number of aliphatic hydroxyl groups excluding tert-OH is 1. The van der Waals surface area contributed by atoms with Crippen molar-refractivity contribution in [2.24, 2.45) is 5.73 Å². The van der Waals surface area contributed by atoms with Crippen molar-refractivity contribution in [2.45, 2.75) is 12.6 Å². The molecule has 0 radical (unpaired) electrons. The molecule has 0 spiro atoms. The quantitative estimate of drug-likeness (QED) is 0.754. The summed E-state index contributed by atoms with van der Waals surface area (Å²) < 4.78 is 0. The van der Waals surface area contributed by atoms with E-state index in [1.165, 1.54) is 4.90 Å². The lowest BCUT2D eigenvalue weighted by Crippen LogP contribution is -2.34. The second-order valence-corrected chi connectivity index (χ2v) is 6.22. The zero-order valence-corrected chi connectivity index (χ0v) is 14.7. The number of hydrogen-bond donors (Lipinski definition) is 3. The Morgan fingerprint density at radius 2 is 1.88 bits per heavy atom. The van der Waals surface area contributed by atoms with Crippen molar-refractivity contribution in [3.05, 3.63) is 63.6 Å². The number of hydrogen-bond acceptors (Lipinski definition) is 3. The van der Waals surface area contributed by atoms with Crippen LogP contribution in [0, 0.1) is 0 Å². The number of halogens is 2. The SMILES string of the molecule is CN(CC(O)c1ccc(Cl)c(Cl)c1)C(=O)Nc1ccc(CN)cc1. The molecule has 4 N–H and O–H groups in total. The first-order valence-electron chi connectivity index (χ1n) is 7.35. The molecule has 1 unspecified atom stereocenters. The van der Waals surface area contributed by atoms with E-state index in [0.717, 1.165) is 5.56 Å². The topological polar surface area (TPSA) is 78.6 Å². The molecule has 2 aromatic carbocycles. The van der Waals surface area contributed by atoms with Gasteiger partial charge in [-0.05, 0) is 35.4 Å². The second kappa shape index (κ2) is 8.35. The van der Waals surface area contributed by atoms with Crippen LogP contribution < -0.4 is 11.1 Å². The summed E-state index contributed by atoms with van der Waals surface area (Å²) in [7, 11) is 1.60. The lowest BCUT2D eigenvalue weighted by Gasteiger charge is -2.22. The lowest BCUT2D eigenvalue weighted by atomic mass is 10.1. The maximum Gasteiger partial charge on any atom is 0.321 e. The molecule has 2 aromatic rings. The van der Waals surface area contributed by atoms with E-state index in [2.05, 4.69) is 5.32 Å². The number of carbonyl (C=O) groups excluding carboxylic acids is 1. The molecule has 0 bridgehead atoms. The number of nitrogens with zero attached hydrogens (tertiary/aromatic N) is 1. The Labute approximate surface area is 151 Å². The van der Waals surface area contributed by atoms with Gasteiger partial charge in [0.2, 0.25) is 0 Å². The fourth-order valence-electron chi connectivity index (χ4n) is 2.11. The standard InChI is InChI=1S/C17H19Cl2N3O2/c1-22(10-16(23)12-4-7-14(18)15(19)8-12)17(24)21-13-5-2-11(9-20)3-6-13/h2-8,16,23H,9-10,20H2,1H3,(H,21,24). The first-order chi connectivity index (χ1) is 11.4. The summed E-state index contributed by atoms with van der Waals surface area (Å²) in [6, 6.07) is 11.8. The first kappa shape index (κ1) is 18.5. The fraction of sp³-hybridized carbons (Fsp3) is 0.235. The van der Waals surface area contributed by atoms with Gasteiger partial charge in [0, 0.05) is 19.3 Å². The summed E-state index contributed by atoms with van der Waals surface area (Å²) in [5.74, 6) is 0. The minimum Gasteiger partial charge on any atom is -0.387 e. The first-order valence-corrected chi connectivity index (χ1v) is 8.10. The fourth-order valence-corrected chi connectivity index (χ4v) is 2.42. The van der Waals surface area contributed by atoms with Crippen LogP contribution in [0.5, 0.6) is 0 Å². The molecule has 0 aliphatic heterocycles. The van der Waals surface area contributed by atoms with Crippen molar-refractivity contribution >= 4 is 34.9 Å². The summed E-state index contributed by atoms with van der Waals surface area (Å²) in [5, 5.41) is 13.8. The maximum atomic E-state index is 12.2. The van der Waals surface area contributed by atoms with Crippen molar-refractivity contribution < 1.29 is 9.90 Å². The third-order valence-electron chi connectivity index (χ3n) is 3.56. The van der Waals surface area contributed by atoms with Gasteiger partial charge in [-0.1, -0.05) is 41.4 Å². The second-order valence-electron chi connectivity index (χ2n) is 5.40. The van der Waals surface area contributed by atoms with Crippen molar-refractivity contribution in [2.75, 3.05) is 18.9 Å². The predicted octanol–water partition coefficient (Wildman–Crippen LogP) is 3.65. The van der Waals surface area contributed by atoms with Gasteiger partial charge in [-0.2, -0.15) is 0 Å². The molecule has 128 valence electrons. The number of likely N-dealkylation sites (N-methyl/N-ethyl adjacent to an activating group) is 1. The van der Waals surface area contributed by atoms with Crippen molar-refractivity contribution in [3.8, 4) is 0 Å². The number of benzene rings is 2. The normalized spacial score (nSPS) is 11.9. The van der Waals surface area contributed by atoms with Gasteiger partial charge in [-0.25, -0.2) is 4.79 Å². The minimum atomic E-state index is -0.866. The van der Waals surface area contributed by atoms with Crippen LogP contribution in [-0.2, 0) is 6.54 Å². The van der Waals surface area contributed by atoms with E-state index in [1.54, 1.807) is 37.4 Å². The highest BCUT2D eigenvalue weighted by Crippen LogP contribution is 2.26. The zero-order valence-electron chi connectivity index (χ0n) is 13.2. The highest BCUT2D eigenvalue weighted by atomic mass is 35.5. The minimum absolute atomic E-state index is 0.116. The molecule has 0 heterocycles. The number of carbonyl (C=O) groups is 1. The van der Waals surface area contributed by atoms with Gasteiger partial charge in [-0.3, -0.25) is 0 Å². The Kier molecular flexibility index (Phi) is 6.45. The average Bonchev–Trinajstić information content (AvgIpc) is 2.57. The van der Waals surface area contributed by atoms with Gasteiger partial charge in [0.25, 0.3) is 0 Å². The van der Waals surface area contributed by atoms with Crippen molar-refractivity contribution in [1.82, 2.24) is 4.90 Å². The van der Waals surface area contributed by atoms with Gasteiger partial charge in [0.05, 0.1) is 22.7 Å².